The van der Waals surface area contributed by atoms with Crippen LogP contribution in [0.1, 0.15) is 26.7 Å². The van der Waals surface area contributed by atoms with Gasteiger partial charge in [0.25, 0.3) is 0 Å². The summed E-state index contributed by atoms with van der Waals surface area (Å²) >= 11 is 0. The molecule has 2 aliphatic rings. The van der Waals surface area contributed by atoms with Crippen LogP contribution in [0.5, 0.6) is 0 Å². The molecule has 2 heterocycles. The van der Waals surface area contributed by atoms with Gasteiger partial charge in [0.2, 0.25) is 0 Å². The molecule has 0 spiro atoms. The molecule has 0 aromatic rings. The maximum absolute atomic E-state index is 6.20. The van der Waals surface area contributed by atoms with Crippen LogP contribution in [0, 0.1) is 0 Å². The fourth-order valence-electron chi connectivity index (χ4n) is 3.52. The smallest absolute Gasteiger partial charge is 0.161 e. The zero-order valence-corrected chi connectivity index (χ0v) is 15.0. The Labute approximate surface area is 138 Å². The fourth-order valence-corrected chi connectivity index (χ4v) is 3.52. The lowest BCUT2D eigenvalue weighted by Crippen LogP contribution is -2.57. The average molecular weight is 333 g/mol. The van der Waals surface area contributed by atoms with Crippen LogP contribution in [-0.2, 0) is 28.4 Å². The van der Waals surface area contributed by atoms with Gasteiger partial charge in [-0.1, -0.05) is 0 Å². The Bertz CT molecular complexity index is 357. The van der Waals surface area contributed by atoms with Crippen LogP contribution in [-0.4, -0.2) is 77.5 Å². The molecule has 7 nitrogen and oxygen atoms in total. The molecule has 1 N–H and O–H groups in total. The molecule has 0 aromatic heterocycles. The third-order valence-electron chi connectivity index (χ3n) is 4.83. The lowest BCUT2D eigenvalue weighted by atomic mass is 9.98. The van der Waals surface area contributed by atoms with E-state index in [9.17, 15) is 0 Å². The van der Waals surface area contributed by atoms with Crippen molar-refractivity contribution in [3.05, 3.63) is 0 Å². The SMILES string of the molecule is CN[C@H]1[C@H](C)O[C@@H](O[C@H]2[C@H](C)OC(OC)C[C@@H]2OC)C[C@@H]1OC. The van der Waals surface area contributed by atoms with Gasteiger partial charge in [0.15, 0.2) is 12.6 Å². The van der Waals surface area contributed by atoms with E-state index >= 15 is 0 Å². The molecule has 2 rings (SSSR count). The van der Waals surface area contributed by atoms with Crippen LogP contribution in [0.15, 0.2) is 0 Å². The van der Waals surface area contributed by atoms with Crippen LogP contribution < -0.4 is 5.32 Å². The molecule has 136 valence electrons. The van der Waals surface area contributed by atoms with Crippen molar-refractivity contribution in [2.45, 2.75) is 75.8 Å². The van der Waals surface area contributed by atoms with Crippen LogP contribution in [0.4, 0.5) is 0 Å². The summed E-state index contributed by atoms with van der Waals surface area (Å²) in [6.45, 7) is 4.00. The van der Waals surface area contributed by atoms with E-state index in [1.165, 1.54) is 0 Å². The van der Waals surface area contributed by atoms with E-state index in [1.54, 1.807) is 21.3 Å². The van der Waals surface area contributed by atoms with Gasteiger partial charge in [-0.25, -0.2) is 0 Å². The van der Waals surface area contributed by atoms with Gasteiger partial charge in [0, 0.05) is 34.2 Å². The summed E-state index contributed by atoms with van der Waals surface area (Å²) < 4.78 is 34.5. The van der Waals surface area contributed by atoms with Crippen LogP contribution in [0.2, 0.25) is 0 Å². The van der Waals surface area contributed by atoms with E-state index < -0.39 is 0 Å². The Morgan fingerprint density at radius 1 is 0.826 bits per heavy atom. The van der Waals surface area contributed by atoms with Crippen molar-refractivity contribution in [3.8, 4) is 0 Å². The van der Waals surface area contributed by atoms with Crippen LogP contribution >= 0.6 is 0 Å². The highest BCUT2D eigenvalue weighted by atomic mass is 16.7. The van der Waals surface area contributed by atoms with Gasteiger partial charge in [0.1, 0.15) is 6.10 Å². The second-order valence-electron chi connectivity index (χ2n) is 6.21. The van der Waals surface area contributed by atoms with Gasteiger partial charge in [-0.2, -0.15) is 0 Å². The molecule has 0 saturated carbocycles. The standard InChI is InChI=1S/C16H31NO6/c1-9-15(17-3)11(18-4)7-14(21-9)23-16-10(2)22-13(20-6)8-12(16)19-5/h9-17H,7-8H2,1-6H3/t9-,10-,11-,12-,13?,14-,15-,16-/m0/s1. The average Bonchev–Trinajstić information content (AvgIpc) is 2.55. The molecule has 1 unspecified atom stereocenters. The lowest BCUT2D eigenvalue weighted by Gasteiger charge is -2.44. The number of rotatable bonds is 6. The molecule has 0 bridgehead atoms. The third-order valence-corrected chi connectivity index (χ3v) is 4.83. The Kier molecular flexibility index (Phi) is 7.21. The van der Waals surface area contributed by atoms with E-state index in [0.717, 1.165) is 0 Å². The predicted molar refractivity (Wildman–Crippen MR) is 84.2 cm³/mol. The highest BCUT2D eigenvalue weighted by molar-refractivity contribution is 4.89. The number of likely N-dealkylation sites (N-methyl/N-ethyl adjacent to an activating group) is 1. The topological polar surface area (TPSA) is 67.4 Å². The first-order valence-electron chi connectivity index (χ1n) is 8.26. The van der Waals surface area contributed by atoms with Crippen molar-refractivity contribution >= 4 is 0 Å². The molecule has 0 radical (unpaired) electrons. The highest BCUT2D eigenvalue weighted by Crippen LogP contribution is 2.30. The maximum Gasteiger partial charge on any atom is 0.161 e. The van der Waals surface area contributed by atoms with Gasteiger partial charge in [-0.05, 0) is 20.9 Å². The Morgan fingerprint density at radius 3 is 2.00 bits per heavy atom. The minimum atomic E-state index is -0.340. The number of ether oxygens (including phenoxy) is 6. The summed E-state index contributed by atoms with van der Waals surface area (Å²) in [7, 11) is 6.96. The largest absolute Gasteiger partial charge is 0.380 e. The first-order valence-corrected chi connectivity index (χ1v) is 8.26. The zero-order chi connectivity index (χ0) is 17.0. The molecule has 0 aliphatic carbocycles. The number of hydrogen-bond acceptors (Lipinski definition) is 7. The van der Waals surface area contributed by atoms with Crippen molar-refractivity contribution in [2.24, 2.45) is 0 Å². The molecule has 0 aromatic carbocycles. The minimum absolute atomic E-state index is 0.00349. The van der Waals surface area contributed by atoms with Gasteiger partial charge < -0.3 is 33.7 Å². The number of hydrogen-bond donors (Lipinski definition) is 1. The Hall–Kier alpha value is -0.280. The molecular formula is C16H31NO6. The molecule has 0 amide bonds. The summed E-state index contributed by atoms with van der Waals surface area (Å²) in [4.78, 5) is 0. The van der Waals surface area contributed by atoms with E-state index in [4.69, 9.17) is 28.4 Å². The molecule has 2 aliphatic heterocycles. The summed E-state index contributed by atoms with van der Waals surface area (Å²) in [6.07, 6.45) is 0.307. The second-order valence-corrected chi connectivity index (χ2v) is 6.21. The Balaban J connectivity index is 2.00. The highest BCUT2D eigenvalue weighted by Gasteiger charge is 2.42. The van der Waals surface area contributed by atoms with Gasteiger partial charge >= 0.3 is 0 Å². The first kappa shape index (κ1) is 19.1. The quantitative estimate of drug-likeness (QED) is 0.775. The van der Waals surface area contributed by atoms with Crippen LogP contribution in [0.25, 0.3) is 0 Å². The summed E-state index contributed by atoms with van der Waals surface area (Å²) in [5.74, 6) is 0. The predicted octanol–water partition coefficient (Wildman–Crippen LogP) is 0.906. The maximum atomic E-state index is 6.20. The van der Waals surface area contributed by atoms with Crippen molar-refractivity contribution < 1.29 is 28.4 Å². The summed E-state index contributed by atoms with van der Waals surface area (Å²) in [5, 5.41) is 3.25. The minimum Gasteiger partial charge on any atom is -0.380 e. The first-order chi connectivity index (χ1) is 11.0. The number of methoxy groups -OCH3 is 3. The molecule has 2 saturated heterocycles. The number of nitrogens with one attached hydrogen (secondary N) is 1. The molecule has 2 fully saturated rings. The van der Waals surface area contributed by atoms with Crippen molar-refractivity contribution in [1.82, 2.24) is 5.32 Å². The van der Waals surface area contributed by atoms with E-state index in [-0.39, 0.29) is 49.1 Å². The van der Waals surface area contributed by atoms with Gasteiger partial charge in [-0.15, -0.1) is 0 Å². The van der Waals surface area contributed by atoms with Gasteiger partial charge in [0.05, 0.1) is 30.5 Å². The third kappa shape index (κ3) is 4.42. The summed E-state index contributed by atoms with van der Waals surface area (Å²) in [6, 6.07) is 0.149. The van der Waals surface area contributed by atoms with E-state index in [0.29, 0.717) is 12.8 Å². The monoisotopic (exact) mass is 333 g/mol. The lowest BCUT2D eigenvalue weighted by molar-refractivity contribution is -0.304. The van der Waals surface area contributed by atoms with Crippen molar-refractivity contribution in [1.29, 1.82) is 0 Å². The molecule has 7 heteroatoms. The van der Waals surface area contributed by atoms with Crippen molar-refractivity contribution in [3.63, 3.8) is 0 Å². The molecule has 23 heavy (non-hydrogen) atoms. The molecular weight excluding hydrogens is 302 g/mol. The summed E-state index contributed by atoms with van der Waals surface area (Å²) in [5.41, 5.74) is 0. The van der Waals surface area contributed by atoms with Crippen molar-refractivity contribution in [2.75, 3.05) is 28.4 Å². The normalized spacial score (nSPS) is 45.1. The second kappa shape index (κ2) is 8.71. The molecule has 8 atom stereocenters. The zero-order valence-electron chi connectivity index (χ0n) is 15.0. The van der Waals surface area contributed by atoms with E-state index in [1.807, 2.05) is 20.9 Å². The fraction of sp³-hybridized carbons (Fsp3) is 1.00. The Morgan fingerprint density at radius 2 is 1.43 bits per heavy atom. The van der Waals surface area contributed by atoms with Crippen LogP contribution in [0.3, 0.4) is 0 Å². The van der Waals surface area contributed by atoms with E-state index in [2.05, 4.69) is 5.32 Å². The van der Waals surface area contributed by atoms with Gasteiger partial charge in [-0.3, -0.25) is 0 Å².